The van der Waals surface area contributed by atoms with Crippen LogP contribution in [-0.4, -0.2) is 36.8 Å². The topological polar surface area (TPSA) is 102 Å². The molecule has 0 saturated heterocycles. The quantitative estimate of drug-likeness (QED) is 0.620. The maximum atomic E-state index is 11.8. The summed E-state index contributed by atoms with van der Waals surface area (Å²) in [6, 6.07) is 5.10. The monoisotopic (exact) mass is 292 g/mol. The zero-order valence-electron chi connectivity index (χ0n) is 11.7. The molecule has 3 amide bonds. The van der Waals surface area contributed by atoms with Gasteiger partial charge in [-0.05, 0) is 26.0 Å². The van der Waals surface area contributed by atoms with E-state index in [9.17, 15) is 19.2 Å². The Hall–Kier alpha value is -2.70. The number of nitrogens with one attached hydrogen (secondary N) is 2. The van der Waals surface area contributed by atoms with E-state index in [1.807, 2.05) is 5.32 Å². The van der Waals surface area contributed by atoms with Crippen LogP contribution in [0.3, 0.4) is 0 Å². The van der Waals surface area contributed by atoms with Crippen LogP contribution in [-0.2, 0) is 9.53 Å². The van der Waals surface area contributed by atoms with Gasteiger partial charge in [-0.15, -0.1) is 0 Å². The van der Waals surface area contributed by atoms with Crippen LogP contribution >= 0.6 is 0 Å². The van der Waals surface area contributed by atoms with E-state index in [0.29, 0.717) is 18.4 Å². The lowest BCUT2D eigenvalue weighted by Gasteiger charge is -2.13. The molecule has 0 radical (unpaired) electrons. The van der Waals surface area contributed by atoms with Crippen molar-refractivity contribution in [2.45, 2.75) is 20.0 Å². The molecular weight excluding hydrogens is 276 g/mol. The summed E-state index contributed by atoms with van der Waals surface area (Å²) in [6.07, 6.45) is -0.469. The van der Waals surface area contributed by atoms with Gasteiger partial charge in [0.25, 0.3) is 5.91 Å². The van der Waals surface area contributed by atoms with Crippen molar-refractivity contribution in [3.63, 3.8) is 0 Å². The van der Waals surface area contributed by atoms with Crippen LogP contribution in [0.15, 0.2) is 24.3 Å². The van der Waals surface area contributed by atoms with Gasteiger partial charge in [0, 0.05) is 12.1 Å². The van der Waals surface area contributed by atoms with E-state index in [1.165, 1.54) is 31.2 Å². The Labute approximate surface area is 121 Å². The van der Waals surface area contributed by atoms with Gasteiger partial charge in [0.1, 0.15) is 6.29 Å². The molecule has 0 fully saturated rings. The number of carbonyl (C=O) groups excluding carboxylic acids is 4. The third-order valence-corrected chi connectivity index (χ3v) is 2.51. The van der Waals surface area contributed by atoms with Crippen molar-refractivity contribution in [2.24, 2.45) is 0 Å². The molecule has 0 bridgehead atoms. The lowest BCUT2D eigenvalue weighted by atomic mass is 10.1. The van der Waals surface area contributed by atoms with Crippen LogP contribution in [0.4, 0.5) is 4.79 Å². The van der Waals surface area contributed by atoms with Crippen LogP contribution < -0.4 is 10.6 Å². The summed E-state index contributed by atoms with van der Waals surface area (Å²) in [4.78, 5) is 45.1. The summed E-state index contributed by atoms with van der Waals surface area (Å²) in [5.41, 5.74) is 0.631. The summed E-state index contributed by atoms with van der Waals surface area (Å²) in [6.45, 7) is 3.43. The van der Waals surface area contributed by atoms with Crippen molar-refractivity contribution in [1.82, 2.24) is 10.6 Å². The molecule has 1 aromatic carbocycles. The number of benzene rings is 1. The highest BCUT2D eigenvalue weighted by molar-refractivity contribution is 5.98. The number of ether oxygens (including phenoxy) is 1. The van der Waals surface area contributed by atoms with Crippen molar-refractivity contribution in [3.8, 4) is 0 Å². The number of imide groups is 1. The first-order valence-electron chi connectivity index (χ1n) is 6.32. The number of rotatable bonds is 5. The first-order valence-corrected chi connectivity index (χ1v) is 6.32. The molecule has 0 heterocycles. The molecule has 21 heavy (non-hydrogen) atoms. The molecule has 1 rings (SSSR count). The lowest BCUT2D eigenvalue weighted by molar-refractivity contribution is -0.127. The second kappa shape index (κ2) is 7.78. The normalized spacial score (nSPS) is 11.1. The Morgan fingerprint density at radius 2 is 1.86 bits per heavy atom. The van der Waals surface area contributed by atoms with Crippen LogP contribution in [0, 0.1) is 0 Å². The Bertz CT molecular complexity index is 539. The molecule has 0 saturated carbocycles. The van der Waals surface area contributed by atoms with Gasteiger partial charge >= 0.3 is 12.0 Å². The van der Waals surface area contributed by atoms with Gasteiger partial charge in [0.2, 0.25) is 0 Å². The van der Waals surface area contributed by atoms with Gasteiger partial charge in [-0.2, -0.15) is 0 Å². The Balaban J connectivity index is 2.58. The van der Waals surface area contributed by atoms with E-state index in [4.69, 9.17) is 4.74 Å². The number of hydrogen-bond acceptors (Lipinski definition) is 5. The van der Waals surface area contributed by atoms with Crippen molar-refractivity contribution < 1.29 is 23.9 Å². The lowest BCUT2D eigenvalue weighted by Crippen LogP contribution is -2.44. The van der Waals surface area contributed by atoms with Gasteiger partial charge in [-0.1, -0.05) is 12.1 Å². The molecule has 7 nitrogen and oxygen atoms in total. The Kier molecular flexibility index (Phi) is 6.06. The van der Waals surface area contributed by atoms with Gasteiger partial charge in [-0.3, -0.25) is 14.9 Å². The Morgan fingerprint density at radius 3 is 2.38 bits per heavy atom. The highest BCUT2D eigenvalue weighted by Crippen LogP contribution is 2.06. The average Bonchev–Trinajstić information content (AvgIpc) is 2.47. The predicted molar refractivity (Wildman–Crippen MR) is 73.9 cm³/mol. The maximum absolute atomic E-state index is 11.8. The molecule has 0 aliphatic heterocycles. The molecule has 112 valence electrons. The summed E-state index contributed by atoms with van der Waals surface area (Å²) in [5, 5.41) is 4.43. The smallest absolute Gasteiger partial charge is 0.338 e. The number of carbonyl (C=O) groups is 4. The van der Waals surface area contributed by atoms with Crippen LogP contribution in [0.2, 0.25) is 0 Å². The van der Waals surface area contributed by atoms with Crippen LogP contribution in [0.25, 0.3) is 0 Å². The minimum atomic E-state index is -1.12. The zero-order valence-corrected chi connectivity index (χ0v) is 11.7. The SMILES string of the molecule is CCNC(=O)NC(=O)[C@H](C)OC(=O)c1ccc(C=O)cc1. The van der Waals surface area contributed by atoms with Crippen molar-refractivity contribution in [1.29, 1.82) is 0 Å². The molecule has 0 aromatic heterocycles. The number of amides is 3. The second-order valence-electron chi connectivity index (χ2n) is 4.14. The molecular formula is C14H16N2O5. The minimum Gasteiger partial charge on any atom is -0.449 e. The van der Waals surface area contributed by atoms with Gasteiger partial charge in [0.05, 0.1) is 5.56 Å². The predicted octanol–water partition coefficient (Wildman–Crippen LogP) is 0.890. The second-order valence-corrected chi connectivity index (χ2v) is 4.14. The van der Waals surface area contributed by atoms with Crippen LogP contribution in [0.1, 0.15) is 34.6 Å². The summed E-state index contributed by atoms with van der Waals surface area (Å²) in [5.74, 6) is -1.44. The van der Waals surface area contributed by atoms with Crippen molar-refractivity contribution in [3.05, 3.63) is 35.4 Å². The highest BCUT2D eigenvalue weighted by Gasteiger charge is 2.20. The van der Waals surface area contributed by atoms with Crippen molar-refractivity contribution >= 4 is 24.2 Å². The number of hydrogen-bond donors (Lipinski definition) is 2. The molecule has 0 unspecified atom stereocenters. The average molecular weight is 292 g/mol. The van der Waals surface area contributed by atoms with Gasteiger partial charge < -0.3 is 10.1 Å². The first kappa shape index (κ1) is 16.4. The molecule has 0 aliphatic rings. The fourth-order valence-electron chi connectivity index (χ4n) is 1.40. The summed E-state index contributed by atoms with van der Waals surface area (Å²) < 4.78 is 4.93. The van der Waals surface area contributed by atoms with E-state index in [0.717, 1.165) is 0 Å². The fraction of sp³-hybridized carbons (Fsp3) is 0.286. The molecule has 7 heteroatoms. The minimum absolute atomic E-state index is 0.207. The largest absolute Gasteiger partial charge is 0.449 e. The third-order valence-electron chi connectivity index (χ3n) is 2.51. The zero-order chi connectivity index (χ0) is 15.8. The van der Waals surface area contributed by atoms with Gasteiger partial charge in [-0.25, -0.2) is 9.59 Å². The number of esters is 1. The molecule has 1 aromatic rings. The van der Waals surface area contributed by atoms with E-state index in [2.05, 4.69) is 5.32 Å². The van der Waals surface area contributed by atoms with E-state index in [1.54, 1.807) is 6.92 Å². The number of aldehydes is 1. The fourth-order valence-corrected chi connectivity index (χ4v) is 1.40. The molecule has 2 N–H and O–H groups in total. The summed E-state index contributed by atoms with van der Waals surface area (Å²) in [7, 11) is 0. The molecule has 0 aliphatic carbocycles. The third kappa shape index (κ3) is 5.06. The standard InChI is InChI=1S/C14H16N2O5/c1-3-15-14(20)16-12(18)9(2)21-13(19)11-6-4-10(8-17)5-7-11/h4-9H,3H2,1-2H3,(H2,15,16,18,20)/t9-/m0/s1. The Morgan fingerprint density at radius 1 is 1.24 bits per heavy atom. The highest BCUT2D eigenvalue weighted by atomic mass is 16.5. The first-order chi connectivity index (χ1) is 9.97. The van der Waals surface area contributed by atoms with E-state index >= 15 is 0 Å². The van der Waals surface area contributed by atoms with Crippen molar-refractivity contribution in [2.75, 3.05) is 6.54 Å². The number of urea groups is 1. The van der Waals surface area contributed by atoms with Crippen LogP contribution in [0.5, 0.6) is 0 Å². The maximum Gasteiger partial charge on any atom is 0.338 e. The molecule has 1 atom stereocenters. The summed E-state index contributed by atoms with van der Waals surface area (Å²) >= 11 is 0. The van der Waals surface area contributed by atoms with Gasteiger partial charge in [0.15, 0.2) is 6.10 Å². The van der Waals surface area contributed by atoms with E-state index < -0.39 is 24.0 Å². The molecule has 0 spiro atoms. The van der Waals surface area contributed by atoms with E-state index in [-0.39, 0.29) is 5.56 Å².